The number of unbranched alkanes of at least 4 members (excludes halogenated alkanes) is 1. The Kier molecular flexibility index (Phi) is 7.73. The molecular weight excluding hydrogens is 575 g/mol. The van der Waals surface area contributed by atoms with Gasteiger partial charge in [-0.25, -0.2) is 4.39 Å². The minimum Gasteiger partial charge on any atom is -0.207 e. The highest BCUT2D eigenvalue weighted by Crippen LogP contribution is 2.55. The Morgan fingerprint density at radius 1 is 0.809 bits per heavy atom. The molecule has 7 rings (SSSR count). The number of aromatic nitrogens is 2. The van der Waals surface area contributed by atoms with Gasteiger partial charge in [0.2, 0.25) is 11.4 Å². The number of benzene rings is 3. The average Bonchev–Trinajstić information content (AvgIpc) is 3.06. The Morgan fingerprint density at radius 3 is 2.32 bits per heavy atom. The molecule has 2 aliphatic rings. The second-order valence-electron chi connectivity index (χ2n) is 14.6. The monoisotopic (exact) mass is 624 g/mol. The fraction of sp³-hybridized carbons (Fsp3) is 0.364. The van der Waals surface area contributed by atoms with E-state index in [1.54, 1.807) is 6.07 Å². The van der Waals surface area contributed by atoms with Crippen LogP contribution in [0.15, 0.2) is 79.1 Å². The van der Waals surface area contributed by atoms with E-state index >= 15 is 4.39 Å². The van der Waals surface area contributed by atoms with Crippen LogP contribution in [0.25, 0.3) is 38.9 Å². The SMILES string of the molecule is CCCCc1ccc2c3c4[n+](ccc13)C(CC)(CC)C(=CC[n+]1ccc(C)cc1-c1cc(C)ccc1C)c1ccc(F)c(c1-4)C2(C)C. The van der Waals surface area contributed by atoms with Crippen molar-refractivity contribution in [2.75, 3.05) is 0 Å². The van der Waals surface area contributed by atoms with Gasteiger partial charge in [-0.2, -0.15) is 9.13 Å². The third kappa shape index (κ3) is 4.64. The van der Waals surface area contributed by atoms with E-state index in [9.17, 15) is 0 Å². The van der Waals surface area contributed by atoms with E-state index in [2.05, 4.69) is 138 Å². The third-order valence-corrected chi connectivity index (χ3v) is 11.5. The summed E-state index contributed by atoms with van der Waals surface area (Å²) in [6.45, 7) is 18.6. The van der Waals surface area contributed by atoms with E-state index in [1.807, 2.05) is 0 Å². The van der Waals surface area contributed by atoms with Crippen LogP contribution in [0.3, 0.4) is 0 Å². The Bertz CT molecular complexity index is 2090. The van der Waals surface area contributed by atoms with Crippen molar-refractivity contribution < 1.29 is 13.5 Å². The quantitative estimate of drug-likeness (QED) is 0.152. The molecule has 0 atom stereocenters. The zero-order valence-electron chi connectivity index (χ0n) is 29.5. The Balaban J connectivity index is 1.51. The van der Waals surface area contributed by atoms with Crippen LogP contribution >= 0.6 is 0 Å². The number of nitrogens with zero attached hydrogens (tertiary/aromatic N) is 2. The zero-order chi connectivity index (χ0) is 33.2. The summed E-state index contributed by atoms with van der Waals surface area (Å²) in [5.74, 6) is -0.108. The van der Waals surface area contributed by atoms with Gasteiger partial charge in [-0.15, -0.1) is 0 Å². The predicted molar refractivity (Wildman–Crippen MR) is 193 cm³/mol. The molecule has 0 fully saturated rings. The van der Waals surface area contributed by atoms with E-state index in [-0.39, 0.29) is 11.4 Å². The van der Waals surface area contributed by atoms with Gasteiger partial charge in [0.25, 0.3) is 0 Å². The Hall–Kier alpha value is -4.11. The topological polar surface area (TPSA) is 7.76 Å². The second-order valence-corrected chi connectivity index (χ2v) is 14.6. The molecule has 1 aliphatic heterocycles. The highest BCUT2D eigenvalue weighted by molar-refractivity contribution is 6.05. The molecule has 2 nitrogen and oxygen atoms in total. The predicted octanol–water partition coefficient (Wildman–Crippen LogP) is 10.4. The molecule has 3 aromatic carbocycles. The van der Waals surface area contributed by atoms with E-state index in [0.29, 0.717) is 0 Å². The van der Waals surface area contributed by atoms with Gasteiger partial charge in [-0.05, 0) is 85.0 Å². The summed E-state index contributed by atoms with van der Waals surface area (Å²) in [6.07, 6.45) is 12.3. The minimum absolute atomic E-state index is 0.108. The first kappa shape index (κ1) is 31.5. The largest absolute Gasteiger partial charge is 0.222 e. The molecule has 1 aliphatic carbocycles. The lowest BCUT2D eigenvalue weighted by Gasteiger charge is -2.42. The third-order valence-electron chi connectivity index (χ3n) is 11.5. The summed E-state index contributed by atoms with van der Waals surface area (Å²) in [5.41, 5.74) is 13.8. The van der Waals surface area contributed by atoms with Gasteiger partial charge in [-0.3, -0.25) is 0 Å². The molecule has 0 bridgehead atoms. The molecule has 240 valence electrons. The van der Waals surface area contributed by atoms with Gasteiger partial charge in [0.1, 0.15) is 5.82 Å². The smallest absolute Gasteiger partial charge is 0.207 e. The summed E-state index contributed by atoms with van der Waals surface area (Å²) < 4.78 is 21.2. The van der Waals surface area contributed by atoms with Crippen LogP contribution in [0, 0.1) is 26.6 Å². The first-order valence-corrected chi connectivity index (χ1v) is 17.7. The maximum Gasteiger partial charge on any atom is 0.222 e. The molecule has 0 spiro atoms. The van der Waals surface area contributed by atoms with Crippen molar-refractivity contribution >= 4 is 16.3 Å². The number of hydrogen-bond donors (Lipinski definition) is 0. The minimum atomic E-state index is -0.464. The number of allylic oxidation sites excluding steroid dienone is 2. The van der Waals surface area contributed by atoms with E-state index in [4.69, 9.17) is 0 Å². The standard InChI is InChI=1S/C44H49FN2/c1-9-12-13-31-16-18-36-39-32(31)21-25-47-42(39)40-33(17-19-37(45)41(40)43(36,7)8)35(44(47,10-2)11-3)22-24-46-23-20-29(5)27-38(46)34-26-28(4)14-15-30(34)6/h14-23,25-27H,9-13,24H2,1-8H3/q+2. The Morgan fingerprint density at radius 2 is 1.57 bits per heavy atom. The highest BCUT2D eigenvalue weighted by atomic mass is 19.1. The molecule has 0 N–H and O–H groups in total. The summed E-state index contributed by atoms with van der Waals surface area (Å²) in [6, 6.07) is 22.0. The van der Waals surface area contributed by atoms with Crippen LogP contribution < -0.4 is 9.13 Å². The summed E-state index contributed by atoms with van der Waals surface area (Å²) in [7, 11) is 0. The van der Waals surface area contributed by atoms with Crippen molar-refractivity contribution in [2.45, 2.75) is 105 Å². The molecule has 3 heterocycles. The van der Waals surface area contributed by atoms with Gasteiger partial charge in [-0.1, -0.05) is 76.9 Å². The fourth-order valence-electron chi connectivity index (χ4n) is 8.83. The lowest BCUT2D eigenvalue weighted by atomic mass is 9.64. The lowest BCUT2D eigenvalue weighted by Crippen LogP contribution is -2.60. The summed E-state index contributed by atoms with van der Waals surface area (Å²) in [4.78, 5) is 0. The first-order valence-electron chi connectivity index (χ1n) is 17.7. The molecule has 0 unspecified atom stereocenters. The van der Waals surface area contributed by atoms with Crippen molar-refractivity contribution in [1.82, 2.24) is 0 Å². The number of aryl methyl sites for hydroxylation is 4. The van der Waals surface area contributed by atoms with Crippen molar-refractivity contribution in [3.05, 3.63) is 124 Å². The Labute approximate surface area is 280 Å². The van der Waals surface area contributed by atoms with Gasteiger partial charge in [0.15, 0.2) is 24.5 Å². The normalized spacial score (nSPS) is 16.2. The maximum absolute atomic E-state index is 16.3. The number of pyridine rings is 2. The molecule has 2 aromatic heterocycles. The van der Waals surface area contributed by atoms with E-state index in [0.717, 1.165) is 36.9 Å². The zero-order valence-corrected chi connectivity index (χ0v) is 29.5. The van der Waals surface area contributed by atoms with Gasteiger partial charge >= 0.3 is 0 Å². The van der Waals surface area contributed by atoms with Crippen molar-refractivity contribution in [2.24, 2.45) is 0 Å². The molecule has 0 saturated heterocycles. The first-order chi connectivity index (χ1) is 22.6. The number of rotatable bonds is 8. The second kappa shape index (κ2) is 11.5. The van der Waals surface area contributed by atoms with Crippen LogP contribution in [0.5, 0.6) is 0 Å². The molecular formula is C44H49FN2+2. The fourth-order valence-corrected chi connectivity index (χ4v) is 8.83. The maximum atomic E-state index is 16.3. The molecule has 3 heteroatoms. The highest BCUT2D eigenvalue weighted by Gasteiger charge is 2.53. The van der Waals surface area contributed by atoms with E-state index in [1.165, 1.54) is 79.5 Å². The summed E-state index contributed by atoms with van der Waals surface area (Å²) >= 11 is 0. The van der Waals surface area contributed by atoms with Crippen LogP contribution in [0.2, 0.25) is 0 Å². The van der Waals surface area contributed by atoms with Crippen LogP contribution in [0.1, 0.15) is 99.2 Å². The van der Waals surface area contributed by atoms with Crippen molar-refractivity contribution in [3.8, 4) is 22.5 Å². The molecule has 0 amide bonds. The van der Waals surface area contributed by atoms with Gasteiger partial charge in [0.05, 0.1) is 10.9 Å². The molecule has 5 aromatic rings. The van der Waals surface area contributed by atoms with Gasteiger partial charge < -0.3 is 0 Å². The van der Waals surface area contributed by atoms with Crippen LogP contribution in [-0.4, -0.2) is 0 Å². The number of hydrogen-bond acceptors (Lipinski definition) is 0. The lowest BCUT2D eigenvalue weighted by molar-refractivity contribution is -0.741. The van der Waals surface area contributed by atoms with Crippen LogP contribution in [-0.2, 0) is 23.9 Å². The summed E-state index contributed by atoms with van der Waals surface area (Å²) in [5, 5.41) is 2.65. The van der Waals surface area contributed by atoms with Crippen molar-refractivity contribution in [3.63, 3.8) is 0 Å². The van der Waals surface area contributed by atoms with Crippen LogP contribution in [0.4, 0.5) is 4.39 Å². The number of halogens is 1. The average molecular weight is 625 g/mol. The van der Waals surface area contributed by atoms with E-state index < -0.39 is 5.41 Å². The van der Waals surface area contributed by atoms with Crippen molar-refractivity contribution in [1.29, 1.82) is 0 Å². The molecule has 0 radical (unpaired) electrons. The molecule has 0 saturated carbocycles. The van der Waals surface area contributed by atoms with Gasteiger partial charge in [0, 0.05) is 53.2 Å². The molecule has 47 heavy (non-hydrogen) atoms.